The number of benzene rings is 2. The Balaban J connectivity index is 0.000000233. The van der Waals surface area contributed by atoms with Gasteiger partial charge in [0.15, 0.2) is 0 Å². The van der Waals surface area contributed by atoms with E-state index in [1.165, 1.54) is 82.6 Å². The van der Waals surface area contributed by atoms with E-state index in [-0.39, 0.29) is 105 Å². The van der Waals surface area contributed by atoms with Crippen LogP contribution in [-0.4, -0.2) is 214 Å². The number of nitrogens with zero attached hydrogens (tertiary/aromatic N) is 6. The first-order valence-corrected chi connectivity index (χ1v) is 41.9. The zero-order valence-corrected chi connectivity index (χ0v) is 67.4. The molecule has 6 aliphatic carbocycles. The summed E-state index contributed by atoms with van der Waals surface area (Å²) in [6, 6.07) is 9.07. The predicted molar refractivity (Wildman–Crippen MR) is 418 cm³/mol. The van der Waals surface area contributed by atoms with Gasteiger partial charge in [0.2, 0.25) is 67.3 Å². The SMILES string of the molecule is C=C[C@@H]1C[C@]1(NC(=O)[C@@H]1C[C@@H](Oc2cc(Cl)nc(Nc3ccc(F)cc3)n2)CN1C(=O)[C@@H](NC(=O)OC1CCCC1)C(C)(C)C)C(=O)NS(=O)(=O)C1CC1.C=C[C@@H]1C[C@]1(NC(=O)[C@@H]1C[C@@H](Oc2cc(NCCO)nc(Nc3ccc(F)cc3)n2)CN1C(=O)[C@@H](NC(=O)OC1CCCC1)C(C)(C)C)C(=O)NS(=O)(=O)C1CC1.NCCO. The van der Waals surface area contributed by atoms with Crippen molar-refractivity contribution in [3.8, 4) is 11.8 Å². The zero-order chi connectivity index (χ0) is 83.5. The largest absolute Gasteiger partial charge is 0.472 e. The standard InChI is InChI=1S/C38H51FN8O9S.C36H45ClFN7O8S.C2H7NO/c1-5-22-20-38(22,34(51)46-57(53,54)27-14-15-27)45-32(49)28-18-26(21-47(28)33(50)31(37(2,3)4)44-36(52)56-25-8-6-7-9-25)55-30-19-29(40-16-17-48)42-35(43-30)41-24-12-10-23(39)11-13-24;1-5-20-18-36(20,32(48)44-54(50,51)25-14-15-25)43-30(46)26-16-24(52-28-17-27(37)40-33(41-28)39-22-12-10-21(38)11-13-22)19-45(26)31(47)29(35(2,3)4)42-34(49)53-23-8-6-7-9-23;3-1-2-4/h5,10-13,19,22,25-28,31,48H,1,6-9,14-18,20-21H2,2-4H3,(H,44,52)(H,45,49)(H,46,51)(H2,40,41,42,43);5,10-13,17,20,23-26,29H,1,6-9,14-16,18-19H2,2-4H3,(H,42,49)(H,43,46)(H,44,48)(H,39,40,41);4H,1-3H2/t22-,26-,28+,31-,38-;20-,24-,26+,29-,36-;/m11./s1. The summed E-state index contributed by atoms with van der Waals surface area (Å²) in [6.45, 7) is 18.2. The Hall–Kier alpha value is -9.63. The number of nitrogens with one attached hydrogen (secondary N) is 9. The Morgan fingerprint density at radius 3 is 1.32 bits per heavy atom. The Labute approximate surface area is 671 Å². The smallest absolute Gasteiger partial charge is 0.408 e. The van der Waals surface area contributed by atoms with E-state index in [1.807, 2.05) is 0 Å². The van der Waals surface area contributed by atoms with Crippen LogP contribution < -0.4 is 61.9 Å². The molecule has 39 heteroatoms. The molecule has 8 amide bonds. The summed E-state index contributed by atoms with van der Waals surface area (Å²) in [4.78, 5) is 131. The third kappa shape index (κ3) is 23.1. The van der Waals surface area contributed by atoms with Gasteiger partial charge in [0.25, 0.3) is 11.8 Å². The number of rotatable bonds is 30. The number of likely N-dealkylation sites (tertiary alicyclic amines) is 2. The van der Waals surface area contributed by atoms with Crippen LogP contribution in [0.2, 0.25) is 5.15 Å². The fraction of sp³-hybridized carbons (Fsp3) is 0.579. The van der Waals surface area contributed by atoms with Crippen LogP contribution in [0, 0.1) is 34.3 Å². The number of aromatic nitrogens is 4. The summed E-state index contributed by atoms with van der Waals surface area (Å²) in [7, 11) is -7.87. The molecular weight excluding hydrogens is 1560 g/mol. The second-order valence-electron chi connectivity index (χ2n) is 32.0. The number of carbonyl (C=O) groups is 8. The minimum atomic E-state index is -3.94. The Bertz CT molecular complexity index is 4450. The molecule has 0 bridgehead atoms. The molecule has 2 aromatic carbocycles. The molecule has 115 heavy (non-hydrogen) atoms. The summed E-state index contributed by atoms with van der Waals surface area (Å²) in [5.41, 5.74) is 0.839. The van der Waals surface area contributed by atoms with Crippen LogP contribution in [0.1, 0.15) is 144 Å². The number of hydrogen-bond donors (Lipinski definition) is 12. The zero-order valence-electron chi connectivity index (χ0n) is 65.0. The number of hydrogen-bond acceptors (Lipinski definition) is 26. The van der Waals surface area contributed by atoms with Crippen molar-refractivity contribution in [2.75, 3.05) is 55.3 Å². The molecule has 8 fully saturated rings. The monoisotopic (exact) mass is 1660 g/mol. The van der Waals surface area contributed by atoms with Crippen molar-refractivity contribution in [3.63, 3.8) is 0 Å². The number of ether oxygens (including phenoxy) is 4. The van der Waals surface area contributed by atoms with Gasteiger partial charge >= 0.3 is 12.2 Å². The average molecular weight is 1670 g/mol. The quantitative estimate of drug-likeness (QED) is 0.0213. The van der Waals surface area contributed by atoms with Crippen LogP contribution in [0.5, 0.6) is 11.8 Å². The Morgan fingerprint density at radius 2 is 0.974 bits per heavy atom. The van der Waals surface area contributed by atoms with Crippen LogP contribution in [0.15, 0.2) is 86.0 Å². The third-order valence-corrected chi connectivity index (χ3v) is 24.6. The van der Waals surface area contributed by atoms with E-state index in [0.717, 1.165) is 51.4 Å². The van der Waals surface area contributed by atoms with Crippen LogP contribution in [-0.2, 0) is 58.3 Å². The van der Waals surface area contributed by atoms with Gasteiger partial charge in [0.05, 0.1) is 36.8 Å². The lowest BCUT2D eigenvalue weighted by atomic mass is 9.85. The van der Waals surface area contributed by atoms with Crippen molar-refractivity contribution < 1.29 is 93.1 Å². The molecule has 4 heterocycles. The van der Waals surface area contributed by atoms with Gasteiger partial charge in [-0.15, -0.1) is 13.2 Å². The van der Waals surface area contributed by atoms with E-state index >= 15 is 0 Å². The fourth-order valence-corrected chi connectivity index (χ4v) is 16.9. The maximum absolute atomic E-state index is 14.6. The van der Waals surface area contributed by atoms with Crippen molar-refractivity contribution in [1.29, 1.82) is 0 Å². The number of nitrogens with two attached hydrogens (primary N) is 1. The first-order chi connectivity index (χ1) is 54.4. The molecule has 0 unspecified atom stereocenters. The van der Waals surface area contributed by atoms with Gasteiger partial charge in [-0.05, 0) is 149 Å². The van der Waals surface area contributed by atoms with Crippen LogP contribution in [0.3, 0.4) is 0 Å². The van der Waals surface area contributed by atoms with E-state index in [2.05, 4.69) is 79.8 Å². The maximum atomic E-state index is 14.6. The first kappa shape index (κ1) is 87.7. The molecule has 2 aliphatic heterocycles. The average Bonchev–Trinajstić information content (AvgIpc) is 1.58. The van der Waals surface area contributed by atoms with Gasteiger partial charge in [-0.1, -0.05) is 65.3 Å². The van der Waals surface area contributed by atoms with Gasteiger partial charge in [0, 0.05) is 61.3 Å². The molecule has 2 saturated heterocycles. The summed E-state index contributed by atoms with van der Waals surface area (Å²) in [5.74, 6) is -5.98. The van der Waals surface area contributed by atoms with E-state index in [0.29, 0.717) is 43.6 Å². The lowest BCUT2D eigenvalue weighted by molar-refractivity contribution is -0.143. The molecule has 8 aliphatic rings. The van der Waals surface area contributed by atoms with Gasteiger partial charge in [-0.3, -0.25) is 38.2 Å². The fourth-order valence-electron chi connectivity index (χ4n) is 14.0. The molecule has 13 N–H and O–H groups in total. The Morgan fingerprint density at radius 1 is 0.591 bits per heavy atom. The van der Waals surface area contributed by atoms with Crippen LogP contribution >= 0.6 is 11.6 Å². The first-order valence-electron chi connectivity index (χ1n) is 38.4. The molecular formula is C76H103ClF2N16O18S2. The van der Waals surface area contributed by atoms with E-state index in [4.69, 9.17) is 41.4 Å². The maximum Gasteiger partial charge on any atom is 0.408 e. The van der Waals surface area contributed by atoms with Crippen LogP contribution in [0.25, 0.3) is 0 Å². The molecule has 6 saturated carbocycles. The highest BCUT2D eigenvalue weighted by Crippen LogP contribution is 2.47. The molecule has 628 valence electrons. The number of halogens is 3. The minimum absolute atomic E-state index is 0.0127. The molecule has 4 aromatic rings. The summed E-state index contributed by atoms with van der Waals surface area (Å²) in [6.07, 6.45) is 7.64. The second kappa shape index (κ2) is 37.1. The summed E-state index contributed by atoms with van der Waals surface area (Å²) in [5, 5.41) is 35.7. The normalized spacial score (nSPS) is 23.7. The second-order valence-corrected chi connectivity index (χ2v) is 36.3. The van der Waals surface area contributed by atoms with Gasteiger partial charge in [-0.2, -0.15) is 15.0 Å². The highest BCUT2D eigenvalue weighted by molar-refractivity contribution is 7.91. The number of carbonyl (C=O) groups excluding carboxylic acids is 8. The molecule has 0 spiro atoms. The number of sulfonamides is 2. The highest BCUT2D eigenvalue weighted by Gasteiger charge is 2.64. The minimum Gasteiger partial charge on any atom is -0.472 e. The van der Waals surface area contributed by atoms with E-state index in [1.54, 1.807) is 41.5 Å². The third-order valence-electron chi connectivity index (χ3n) is 20.8. The number of alkyl carbamates (subject to hydrolysis) is 2. The van der Waals surface area contributed by atoms with E-state index in [9.17, 15) is 69.1 Å². The molecule has 0 radical (unpaired) electrons. The molecule has 12 rings (SSSR count). The van der Waals surface area contributed by atoms with Gasteiger partial charge in [-0.25, -0.2) is 40.2 Å². The summed E-state index contributed by atoms with van der Waals surface area (Å²) >= 11 is 6.29. The number of aliphatic hydroxyl groups is 2. The Kier molecular flexibility index (Phi) is 28.3. The van der Waals surface area contributed by atoms with Gasteiger partial charge in [0.1, 0.15) is 82.3 Å². The van der Waals surface area contributed by atoms with Crippen molar-refractivity contribution in [2.45, 2.75) is 214 Å². The van der Waals surface area contributed by atoms with Crippen molar-refractivity contribution in [2.24, 2.45) is 28.4 Å². The van der Waals surface area contributed by atoms with Crippen molar-refractivity contribution in [3.05, 3.63) is 103 Å². The molecule has 10 atom stereocenters. The number of amides is 8. The van der Waals surface area contributed by atoms with E-state index < -0.39 is 160 Å². The predicted octanol–water partition coefficient (Wildman–Crippen LogP) is 5.92. The lowest BCUT2D eigenvalue weighted by Gasteiger charge is -2.35. The summed E-state index contributed by atoms with van der Waals surface area (Å²) < 4.78 is 106. The van der Waals surface area contributed by atoms with Gasteiger partial charge < -0.3 is 81.9 Å². The topological polar surface area (TPSA) is 475 Å². The molecule has 34 nitrogen and oxygen atoms in total. The number of anilines is 5. The lowest BCUT2D eigenvalue weighted by Crippen LogP contribution is -2.60. The van der Waals surface area contributed by atoms with Crippen molar-refractivity contribution in [1.82, 2.24) is 60.4 Å². The molecule has 2 aromatic heterocycles. The highest BCUT2D eigenvalue weighted by atomic mass is 35.5. The van der Waals surface area contributed by atoms with Crippen LogP contribution in [0.4, 0.5) is 47.5 Å². The number of aliphatic hydroxyl groups excluding tert-OH is 2. The van der Waals surface area contributed by atoms with Crippen molar-refractivity contribution >= 4 is 108 Å².